The minimum Gasteiger partial charge on any atom is -0.492 e. The molecule has 0 saturated carbocycles. The monoisotopic (exact) mass is 263 g/mol. The van der Waals surface area contributed by atoms with Crippen molar-refractivity contribution in [2.24, 2.45) is 0 Å². The largest absolute Gasteiger partial charge is 0.492 e. The Balaban J connectivity index is 2.23. The maximum atomic E-state index is 10.8. The van der Waals surface area contributed by atoms with Gasteiger partial charge in [-0.15, -0.1) is 11.3 Å². The smallest absolute Gasteiger partial charge is 0.345 e. The van der Waals surface area contributed by atoms with Crippen molar-refractivity contribution in [3.63, 3.8) is 0 Å². The van der Waals surface area contributed by atoms with E-state index in [9.17, 15) is 4.79 Å². The van der Waals surface area contributed by atoms with Gasteiger partial charge in [-0.2, -0.15) is 0 Å². The Labute approximate surface area is 109 Å². The van der Waals surface area contributed by atoms with Crippen molar-refractivity contribution in [3.05, 3.63) is 35.5 Å². The highest BCUT2D eigenvalue weighted by Crippen LogP contribution is 2.29. The van der Waals surface area contributed by atoms with Crippen molar-refractivity contribution in [1.82, 2.24) is 4.98 Å². The molecule has 5 heteroatoms. The van der Waals surface area contributed by atoms with Crippen LogP contribution in [-0.2, 0) is 0 Å². The maximum Gasteiger partial charge on any atom is 0.345 e. The van der Waals surface area contributed by atoms with Crippen LogP contribution in [-0.4, -0.2) is 22.7 Å². The number of carbonyl (C=O) groups is 1. The van der Waals surface area contributed by atoms with Crippen LogP contribution in [0.15, 0.2) is 30.6 Å². The molecule has 18 heavy (non-hydrogen) atoms. The first-order valence-electron chi connectivity index (χ1n) is 5.62. The van der Waals surface area contributed by atoms with E-state index in [0.29, 0.717) is 17.2 Å². The Morgan fingerprint density at radius 1 is 1.44 bits per heavy atom. The molecule has 1 N–H and O–H groups in total. The normalized spacial score (nSPS) is 10.3. The number of thiophene rings is 1. The first kappa shape index (κ1) is 12.6. The summed E-state index contributed by atoms with van der Waals surface area (Å²) in [5.74, 6) is -0.197. The summed E-state index contributed by atoms with van der Waals surface area (Å²) >= 11 is 1.23. The van der Waals surface area contributed by atoms with Crippen LogP contribution in [0.4, 0.5) is 0 Å². The summed E-state index contributed by atoms with van der Waals surface area (Å²) in [6.07, 6.45) is 4.30. The van der Waals surface area contributed by atoms with Crippen molar-refractivity contribution in [2.75, 3.05) is 6.61 Å². The fourth-order valence-corrected chi connectivity index (χ4v) is 2.29. The number of ether oxygens (including phenoxy) is 1. The van der Waals surface area contributed by atoms with Gasteiger partial charge in [0.2, 0.25) is 0 Å². The maximum absolute atomic E-state index is 10.8. The van der Waals surface area contributed by atoms with Crippen LogP contribution >= 0.6 is 11.3 Å². The van der Waals surface area contributed by atoms with Gasteiger partial charge in [-0.05, 0) is 24.6 Å². The predicted molar refractivity (Wildman–Crippen MR) is 70.3 cm³/mol. The average Bonchev–Trinajstić information content (AvgIpc) is 2.86. The van der Waals surface area contributed by atoms with E-state index in [1.807, 2.05) is 13.0 Å². The molecule has 0 saturated heterocycles. The van der Waals surface area contributed by atoms with Gasteiger partial charge >= 0.3 is 5.97 Å². The molecule has 2 aromatic rings. The molecule has 2 rings (SSSR count). The van der Waals surface area contributed by atoms with E-state index in [0.717, 1.165) is 16.9 Å². The predicted octanol–water partition coefficient (Wildman–Crippen LogP) is 3.30. The fourth-order valence-electron chi connectivity index (χ4n) is 1.46. The summed E-state index contributed by atoms with van der Waals surface area (Å²) in [4.78, 5) is 16.1. The molecule has 0 aliphatic heterocycles. The molecular formula is C13H13NO3S. The lowest BCUT2D eigenvalue weighted by Gasteiger charge is -2.04. The summed E-state index contributed by atoms with van der Waals surface area (Å²) in [7, 11) is 0. The first-order chi connectivity index (χ1) is 8.70. The second kappa shape index (κ2) is 5.64. The van der Waals surface area contributed by atoms with Crippen molar-refractivity contribution in [3.8, 4) is 16.2 Å². The topological polar surface area (TPSA) is 59.4 Å². The lowest BCUT2D eigenvalue weighted by Crippen LogP contribution is -1.95. The van der Waals surface area contributed by atoms with Crippen LogP contribution in [0.5, 0.6) is 5.75 Å². The SMILES string of the molecule is CCCOc1cncc(-c2ccc(C(=O)O)s2)c1. The quantitative estimate of drug-likeness (QED) is 0.899. The van der Waals surface area contributed by atoms with Gasteiger partial charge in [-0.3, -0.25) is 4.98 Å². The lowest BCUT2D eigenvalue weighted by molar-refractivity contribution is 0.0702. The van der Waals surface area contributed by atoms with Gasteiger partial charge < -0.3 is 9.84 Å². The van der Waals surface area contributed by atoms with E-state index in [4.69, 9.17) is 9.84 Å². The van der Waals surface area contributed by atoms with Crippen molar-refractivity contribution < 1.29 is 14.6 Å². The molecule has 0 aromatic carbocycles. The van der Waals surface area contributed by atoms with Crippen LogP contribution < -0.4 is 4.74 Å². The molecule has 4 nitrogen and oxygen atoms in total. The zero-order valence-electron chi connectivity index (χ0n) is 9.92. The van der Waals surface area contributed by atoms with Gasteiger partial charge in [-0.25, -0.2) is 4.79 Å². The first-order valence-corrected chi connectivity index (χ1v) is 6.43. The minimum atomic E-state index is -0.905. The number of aromatic nitrogens is 1. The van der Waals surface area contributed by atoms with Crippen LogP contribution in [0.25, 0.3) is 10.4 Å². The van der Waals surface area contributed by atoms with Crippen LogP contribution in [0.1, 0.15) is 23.0 Å². The van der Waals surface area contributed by atoms with E-state index < -0.39 is 5.97 Å². The Bertz CT molecular complexity index is 551. The van der Waals surface area contributed by atoms with Crippen LogP contribution in [0.3, 0.4) is 0 Å². The number of carboxylic acids is 1. The minimum absolute atomic E-state index is 0.324. The molecular weight excluding hydrogens is 250 g/mol. The summed E-state index contributed by atoms with van der Waals surface area (Å²) < 4.78 is 5.50. The summed E-state index contributed by atoms with van der Waals surface area (Å²) in [5.41, 5.74) is 0.876. The molecule has 0 amide bonds. The van der Waals surface area contributed by atoms with Gasteiger partial charge in [0.1, 0.15) is 10.6 Å². The molecule has 0 aliphatic rings. The van der Waals surface area contributed by atoms with Crippen LogP contribution in [0.2, 0.25) is 0 Å². The number of pyridine rings is 1. The average molecular weight is 263 g/mol. The molecule has 2 aromatic heterocycles. The van der Waals surface area contributed by atoms with E-state index in [-0.39, 0.29) is 0 Å². The van der Waals surface area contributed by atoms with Gasteiger partial charge in [0, 0.05) is 16.6 Å². The molecule has 0 aliphatic carbocycles. The second-order valence-corrected chi connectivity index (χ2v) is 4.81. The number of hydrogen-bond donors (Lipinski definition) is 1. The molecule has 0 bridgehead atoms. The zero-order chi connectivity index (χ0) is 13.0. The lowest BCUT2D eigenvalue weighted by atomic mass is 10.2. The number of aromatic carboxylic acids is 1. The molecule has 2 heterocycles. The molecule has 0 fully saturated rings. The summed E-state index contributed by atoms with van der Waals surface area (Å²) in [6, 6.07) is 5.26. The summed E-state index contributed by atoms with van der Waals surface area (Å²) in [5, 5.41) is 8.89. The van der Waals surface area contributed by atoms with Gasteiger partial charge in [-0.1, -0.05) is 6.92 Å². The Kier molecular flexibility index (Phi) is 3.94. The number of rotatable bonds is 5. The fraction of sp³-hybridized carbons (Fsp3) is 0.231. The van der Waals surface area contributed by atoms with Crippen molar-refractivity contribution >= 4 is 17.3 Å². The molecule has 0 radical (unpaired) electrons. The third kappa shape index (κ3) is 2.87. The molecule has 94 valence electrons. The number of carboxylic acid groups (broad SMARTS) is 1. The van der Waals surface area contributed by atoms with Crippen molar-refractivity contribution in [2.45, 2.75) is 13.3 Å². The van der Waals surface area contributed by atoms with Crippen molar-refractivity contribution in [1.29, 1.82) is 0 Å². The number of hydrogen-bond acceptors (Lipinski definition) is 4. The Morgan fingerprint density at radius 2 is 2.28 bits per heavy atom. The van der Waals surface area contributed by atoms with Gasteiger partial charge in [0.15, 0.2) is 0 Å². The Morgan fingerprint density at radius 3 is 2.94 bits per heavy atom. The second-order valence-electron chi connectivity index (χ2n) is 3.73. The highest BCUT2D eigenvalue weighted by molar-refractivity contribution is 7.17. The molecule has 0 spiro atoms. The van der Waals surface area contributed by atoms with Crippen LogP contribution in [0, 0.1) is 0 Å². The van der Waals surface area contributed by atoms with E-state index in [1.54, 1.807) is 24.5 Å². The third-order valence-electron chi connectivity index (χ3n) is 2.29. The van der Waals surface area contributed by atoms with Gasteiger partial charge in [0.25, 0.3) is 0 Å². The highest BCUT2D eigenvalue weighted by Gasteiger charge is 2.09. The number of nitrogens with zero attached hydrogens (tertiary/aromatic N) is 1. The third-order valence-corrected chi connectivity index (χ3v) is 3.41. The van der Waals surface area contributed by atoms with E-state index in [1.165, 1.54) is 11.3 Å². The van der Waals surface area contributed by atoms with E-state index >= 15 is 0 Å². The Hall–Kier alpha value is -1.88. The molecule has 0 atom stereocenters. The van der Waals surface area contributed by atoms with Gasteiger partial charge in [0.05, 0.1) is 12.8 Å². The standard InChI is InChI=1S/C13H13NO3S/c1-2-5-17-10-6-9(7-14-8-10)11-3-4-12(18-11)13(15)16/h3-4,6-8H,2,5H2,1H3,(H,15,16). The highest BCUT2D eigenvalue weighted by atomic mass is 32.1. The summed E-state index contributed by atoms with van der Waals surface area (Å²) in [6.45, 7) is 2.69. The van der Waals surface area contributed by atoms with E-state index in [2.05, 4.69) is 4.98 Å². The zero-order valence-corrected chi connectivity index (χ0v) is 10.7. The molecule has 0 unspecified atom stereocenters.